The van der Waals surface area contributed by atoms with Gasteiger partial charge < -0.3 is 34.5 Å². The van der Waals surface area contributed by atoms with Gasteiger partial charge in [-0.3, -0.25) is 9.36 Å². The van der Waals surface area contributed by atoms with Gasteiger partial charge >= 0.3 is 18.3 Å². The summed E-state index contributed by atoms with van der Waals surface area (Å²) in [4.78, 5) is 27.8. The van der Waals surface area contributed by atoms with Gasteiger partial charge in [-0.1, -0.05) is 18.2 Å². The fraction of sp³-hybridized carbons (Fsp3) is 0.500. The Labute approximate surface area is 226 Å². The van der Waals surface area contributed by atoms with E-state index in [1.807, 2.05) is 0 Å². The number of rotatable bonds is 11. The van der Waals surface area contributed by atoms with E-state index in [0.29, 0.717) is 10.8 Å². The van der Waals surface area contributed by atoms with Crippen LogP contribution in [0.25, 0.3) is 0 Å². The fourth-order valence-electron chi connectivity index (χ4n) is 3.55. The summed E-state index contributed by atoms with van der Waals surface area (Å²) in [5.41, 5.74) is 1.05. The van der Waals surface area contributed by atoms with Crippen molar-refractivity contribution in [1.29, 1.82) is 0 Å². The Balaban J connectivity index is 1.92. The highest BCUT2D eigenvalue weighted by Crippen LogP contribution is 2.49. The summed E-state index contributed by atoms with van der Waals surface area (Å²) < 4.78 is 65.0. The summed E-state index contributed by atoms with van der Waals surface area (Å²) in [6.07, 6.45) is -9.97. The zero-order valence-electron chi connectivity index (χ0n) is 20.9. The van der Waals surface area contributed by atoms with E-state index in [1.54, 1.807) is 32.0 Å². The normalized spacial score (nSPS) is 25.4. The number of halogens is 3. The second kappa shape index (κ2) is 12.3. The molecule has 1 fully saturated rings. The number of carbonyl (C=O) groups excluding carboxylic acids is 1. The maximum absolute atomic E-state index is 14.5. The first-order chi connectivity index (χ1) is 18.2. The number of nitrogens with zero attached hydrogens (tertiary/aromatic N) is 2. The predicted molar refractivity (Wildman–Crippen MR) is 135 cm³/mol. The third-order valence-corrected chi connectivity index (χ3v) is 8.00. The number of alkyl halides is 2. The van der Waals surface area contributed by atoms with Crippen LogP contribution in [0.5, 0.6) is 5.75 Å². The van der Waals surface area contributed by atoms with Gasteiger partial charge in [-0.15, -0.1) is 0 Å². The van der Waals surface area contributed by atoms with Crippen molar-refractivity contribution < 1.29 is 46.7 Å². The highest BCUT2D eigenvalue weighted by atomic mass is 32.5. The van der Waals surface area contributed by atoms with Gasteiger partial charge in [0.2, 0.25) is 0 Å². The first-order valence-electron chi connectivity index (χ1n) is 11.5. The van der Waals surface area contributed by atoms with Crippen LogP contribution in [0, 0.1) is 5.82 Å². The molecule has 1 aliphatic heterocycles. The molecular weight excluding hydrogens is 568 g/mol. The van der Waals surface area contributed by atoms with Crippen LogP contribution in [-0.2, 0) is 30.6 Å². The molecule has 2 heterocycles. The van der Waals surface area contributed by atoms with E-state index in [1.165, 1.54) is 19.1 Å². The van der Waals surface area contributed by atoms with E-state index >= 15 is 0 Å². The number of esters is 1. The molecule has 1 saturated heterocycles. The Hall–Kier alpha value is -2.59. The average Bonchev–Trinajstić information content (AvgIpc) is 3.11. The summed E-state index contributed by atoms with van der Waals surface area (Å²) >= 11 is 5.48. The molecule has 6 atom stereocenters. The summed E-state index contributed by atoms with van der Waals surface area (Å²) in [7, 11) is 0. The van der Waals surface area contributed by atoms with Crippen LogP contribution in [0.2, 0.25) is 0 Å². The van der Waals surface area contributed by atoms with Gasteiger partial charge in [0.05, 0.1) is 18.9 Å². The molecule has 216 valence electrons. The van der Waals surface area contributed by atoms with Crippen LogP contribution < -0.4 is 21.0 Å². The minimum Gasteiger partial charge on any atom is -0.462 e. The molecule has 0 radical (unpaired) electrons. The van der Waals surface area contributed by atoms with Gasteiger partial charge in [0.15, 0.2) is 23.5 Å². The molecule has 0 spiro atoms. The smallest absolute Gasteiger partial charge is 0.351 e. The number of benzene rings is 1. The Bertz CT molecular complexity index is 1270. The SMILES string of the molecule is CC(C)OC(=O)C(C)NP(=S)(OCC1(C(F)F)OC(n2cc(F)c(N)nc2=O)C(O)C1O)Oc1ccccc1. The largest absolute Gasteiger partial charge is 0.462 e. The zero-order valence-corrected chi connectivity index (χ0v) is 22.7. The number of ether oxygens (including phenoxy) is 2. The topological polar surface area (TPSA) is 167 Å². The van der Waals surface area contributed by atoms with Crippen LogP contribution in [-0.4, -0.2) is 68.7 Å². The molecule has 12 nitrogen and oxygen atoms in total. The van der Waals surface area contributed by atoms with Crippen molar-refractivity contribution >= 4 is 30.2 Å². The number of aromatic nitrogens is 2. The summed E-state index contributed by atoms with van der Waals surface area (Å²) in [5.74, 6) is -2.51. The molecule has 1 aromatic heterocycles. The highest BCUT2D eigenvalue weighted by Gasteiger charge is 2.61. The number of hydrogen-bond acceptors (Lipinski definition) is 11. The van der Waals surface area contributed by atoms with Gasteiger partial charge in [0, 0.05) is 0 Å². The average molecular weight is 597 g/mol. The number of aliphatic hydroxyl groups is 2. The molecule has 5 N–H and O–H groups in total. The Morgan fingerprint density at radius 2 is 1.95 bits per heavy atom. The standard InChI is InChI=1S/C22H28F3N4O8PS/c1-11(2)35-19(32)12(3)28-38(39,37-13-7-5-4-6-8-13)34-10-22(20(24)25)16(31)15(30)18(36-22)29-9-14(23)17(26)27-21(29)33/h4-9,11-12,15-16,18,20,30-31H,10H2,1-3H3,(H,28,39)(H2,26,27,33). The number of aliphatic hydroxyl groups excluding tert-OH is 2. The lowest BCUT2D eigenvalue weighted by Gasteiger charge is -2.34. The molecule has 39 heavy (non-hydrogen) atoms. The van der Waals surface area contributed by atoms with Gasteiger partial charge in [0.25, 0.3) is 6.43 Å². The monoisotopic (exact) mass is 596 g/mol. The number of nitrogens with two attached hydrogens (primary N) is 1. The molecule has 0 amide bonds. The molecule has 1 aliphatic rings. The molecule has 0 bridgehead atoms. The van der Waals surface area contributed by atoms with E-state index in [4.69, 9.17) is 36.1 Å². The van der Waals surface area contributed by atoms with Crippen LogP contribution in [0.15, 0.2) is 41.3 Å². The fourth-order valence-corrected chi connectivity index (χ4v) is 5.97. The second-order valence-electron chi connectivity index (χ2n) is 8.88. The maximum Gasteiger partial charge on any atom is 0.351 e. The lowest BCUT2D eigenvalue weighted by atomic mass is 9.96. The lowest BCUT2D eigenvalue weighted by Crippen LogP contribution is -2.53. The van der Waals surface area contributed by atoms with Crippen LogP contribution in [0.1, 0.15) is 27.0 Å². The molecule has 1 aromatic carbocycles. The lowest BCUT2D eigenvalue weighted by molar-refractivity contribution is -0.192. The quantitative estimate of drug-likeness (QED) is 0.218. The minimum absolute atomic E-state index is 0.171. The number of nitrogen functional groups attached to an aromatic ring is 1. The first-order valence-corrected chi connectivity index (χ1v) is 14.2. The van der Waals surface area contributed by atoms with E-state index in [0.717, 1.165) is 0 Å². The number of nitrogens with one attached hydrogen (secondary N) is 1. The van der Waals surface area contributed by atoms with E-state index in [-0.39, 0.29) is 5.75 Å². The molecule has 17 heteroatoms. The van der Waals surface area contributed by atoms with Crippen molar-refractivity contribution in [2.24, 2.45) is 0 Å². The van der Waals surface area contributed by atoms with Crippen LogP contribution in [0.4, 0.5) is 19.0 Å². The summed E-state index contributed by atoms with van der Waals surface area (Å²) in [6, 6.07) is 6.78. The Morgan fingerprint density at radius 1 is 1.31 bits per heavy atom. The predicted octanol–water partition coefficient (Wildman–Crippen LogP) is 1.47. The molecule has 6 unspecified atom stereocenters. The van der Waals surface area contributed by atoms with E-state index < -0.39 is 79.2 Å². The van der Waals surface area contributed by atoms with Gasteiger partial charge in [0.1, 0.15) is 24.0 Å². The minimum atomic E-state index is -3.87. The zero-order chi connectivity index (χ0) is 29.1. The Kier molecular flexibility index (Phi) is 9.75. The van der Waals surface area contributed by atoms with Gasteiger partial charge in [-0.25, -0.2) is 23.1 Å². The van der Waals surface area contributed by atoms with Crippen molar-refractivity contribution in [3.05, 3.63) is 52.8 Å². The van der Waals surface area contributed by atoms with Crippen molar-refractivity contribution in [3.8, 4) is 5.75 Å². The van der Waals surface area contributed by atoms with Crippen molar-refractivity contribution in [3.63, 3.8) is 0 Å². The Morgan fingerprint density at radius 3 is 2.54 bits per heavy atom. The molecule has 2 aromatic rings. The van der Waals surface area contributed by atoms with Crippen molar-refractivity contribution in [2.75, 3.05) is 12.3 Å². The molecule has 0 aliphatic carbocycles. The van der Waals surface area contributed by atoms with Crippen molar-refractivity contribution in [1.82, 2.24) is 14.6 Å². The van der Waals surface area contributed by atoms with E-state index in [2.05, 4.69) is 10.1 Å². The number of hydrogen-bond donors (Lipinski definition) is 4. The summed E-state index contributed by atoms with van der Waals surface area (Å²) in [6.45, 7) is -0.413. The van der Waals surface area contributed by atoms with Crippen LogP contribution >= 0.6 is 6.64 Å². The van der Waals surface area contributed by atoms with Gasteiger partial charge in [-0.2, -0.15) is 4.98 Å². The third-order valence-electron chi connectivity index (χ3n) is 5.52. The van der Waals surface area contributed by atoms with Gasteiger partial charge in [-0.05, 0) is 44.7 Å². The number of anilines is 1. The number of carbonyl (C=O) groups is 1. The maximum atomic E-state index is 14.5. The van der Waals surface area contributed by atoms with Crippen LogP contribution in [0.3, 0.4) is 0 Å². The molecular formula is C22H28F3N4O8PS. The molecule has 0 saturated carbocycles. The molecule has 3 rings (SSSR count). The second-order valence-corrected chi connectivity index (χ2v) is 12.0. The number of para-hydroxylation sites is 1. The van der Waals surface area contributed by atoms with E-state index in [9.17, 15) is 33.0 Å². The summed E-state index contributed by atoms with van der Waals surface area (Å²) in [5, 5.41) is 23.8. The highest BCUT2D eigenvalue weighted by molar-refractivity contribution is 8.09. The third kappa shape index (κ3) is 6.95. The first kappa shape index (κ1) is 30.9. The van der Waals surface area contributed by atoms with Crippen molar-refractivity contribution in [2.45, 2.75) is 63.4 Å².